The van der Waals surface area contributed by atoms with Gasteiger partial charge in [0.05, 0.1) is 18.7 Å². The zero-order valence-electron chi connectivity index (χ0n) is 12.9. The molecule has 7 heteroatoms. The molecule has 0 radical (unpaired) electrons. The average Bonchev–Trinajstić information content (AvgIpc) is 2.47. The van der Waals surface area contributed by atoms with Gasteiger partial charge in [0.1, 0.15) is 11.5 Å². The van der Waals surface area contributed by atoms with Crippen LogP contribution >= 0.6 is 0 Å². The van der Waals surface area contributed by atoms with Crippen LogP contribution in [0.25, 0.3) is 0 Å². The van der Waals surface area contributed by atoms with Gasteiger partial charge in [0.15, 0.2) is 5.82 Å². The van der Waals surface area contributed by atoms with Crippen LogP contribution in [-0.2, 0) is 0 Å². The van der Waals surface area contributed by atoms with Gasteiger partial charge in [-0.25, -0.2) is 20.0 Å². The first-order valence-electron chi connectivity index (χ1n) is 6.89. The quantitative estimate of drug-likeness (QED) is 0.658. The summed E-state index contributed by atoms with van der Waals surface area (Å²) in [6.07, 6.45) is 4.98. The fraction of sp³-hybridized carbons (Fsp3) is 0.500. The largest absolute Gasteiger partial charge is 0.390 e. The smallest absolute Gasteiger partial charge is 0.273 e. The fourth-order valence-corrected chi connectivity index (χ4v) is 1.62. The van der Waals surface area contributed by atoms with Gasteiger partial charge in [0.2, 0.25) is 0 Å². The van der Waals surface area contributed by atoms with Crippen molar-refractivity contribution in [2.24, 2.45) is 21.6 Å². The molecule has 0 aliphatic rings. The molecule has 0 bridgehead atoms. The van der Waals surface area contributed by atoms with Crippen molar-refractivity contribution >= 4 is 23.9 Å². The number of hydrogen-bond donors (Lipinski definition) is 1. The minimum Gasteiger partial charge on any atom is -0.390 e. The number of nitrogens with zero attached hydrogens (tertiary/aromatic N) is 5. The molecule has 0 saturated heterocycles. The Kier molecular flexibility index (Phi) is 6.45. The van der Waals surface area contributed by atoms with Crippen molar-refractivity contribution in [2.75, 3.05) is 13.6 Å². The number of hydrogen-bond acceptors (Lipinski definition) is 4. The first-order valence-corrected chi connectivity index (χ1v) is 6.89. The molecule has 0 spiro atoms. The SMILES string of the molecule is CCCN(C)C(=O)c1cnc(N=C(N=CN)C(C)C)cn1. The van der Waals surface area contributed by atoms with Gasteiger partial charge in [-0.05, 0) is 6.42 Å². The second kappa shape index (κ2) is 8.08. The summed E-state index contributed by atoms with van der Waals surface area (Å²) in [7, 11) is 1.74. The van der Waals surface area contributed by atoms with E-state index in [2.05, 4.69) is 20.0 Å². The molecular weight excluding hydrogens is 268 g/mol. The van der Waals surface area contributed by atoms with Crippen molar-refractivity contribution in [2.45, 2.75) is 27.2 Å². The predicted molar refractivity (Wildman–Crippen MR) is 83.9 cm³/mol. The van der Waals surface area contributed by atoms with Crippen molar-refractivity contribution in [3.05, 3.63) is 18.1 Å². The fourth-order valence-electron chi connectivity index (χ4n) is 1.62. The van der Waals surface area contributed by atoms with Gasteiger partial charge in [-0.15, -0.1) is 0 Å². The zero-order valence-corrected chi connectivity index (χ0v) is 12.9. The molecule has 0 aromatic carbocycles. The van der Waals surface area contributed by atoms with Crippen molar-refractivity contribution in [3.63, 3.8) is 0 Å². The standard InChI is InChI=1S/C14H22N6O/c1-5-6-20(4)14(21)11-7-17-12(8-16-11)19-13(10(2)3)18-9-15/h7-10H,5-6H2,1-4H3,(H2,15,17,18,19). The van der Waals surface area contributed by atoms with Gasteiger partial charge in [-0.2, -0.15) is 0 Å². The van der Waals surface area contributed by atoms with E-state index < -0.39 is 0 Å². The number of amidine groups is 1. The number of nitrogens with two attached hydrogens (primary N) is 1. The van der Waals surface area contributed by atoms with Crippen LogP contribution in [0.15, 0.2) is 22.4 Å². The molecule has 0 unspecified atom stereocenters. The van der Waals surface area contributed by atoms with Crippen molar-refractivity contribution < 1.29 is 4.79 Å². The van der Waals surface area contributed by atoms with Crippen molar-refractivity contribution in [1.29, 1.82) is 0 Å². The summed E-state index contributed by atoms with van der Waals surface area (Å²) in [5, 5.41) is 0. The van der Waals surface area contributed by atoms with E-state index in [9.17, 15) is 4.79 Å². The average molecular weight is 290 g/mol. The van der Waals surface area contributed by atoms with Crippen molar-refractivity contribution in [3.8, 4) is 0 Å². The molecule has 114 valence electrons. The third-order valence-electron chi connectivity index (χ3n) is 2.72. The molecule has 21 heavy (non-hydrogen) atoms. The Bertz CT molecular complexity index is 521. The predicted octanol–water partition coefficient (Wildman–Crippen LogP) is 1.63. The molecule has 1 amide bonds. The summed E-state index contributed by atoms with van der Waals surface area (Å²) in [6.45, 7) is 6.61. The van der Waals surface area contributed by atoms with Gasteiger partial charge in [-0.1, -0.05) is 20.8 Å². The highest BCUT2D eigenvalue weighted by molar-refractivity contribution is 5.93. The highest BCUT2D eigenvalue weighted by Gasteiger charge is 2.13. The Labute approximate surface area is 125 Å². The van der Waals surface area contributed by atoms with Crippen LogP contribution in [0.1, 0.15) is 37.7 Å². The maximum absolute atomic E-state index is 12.0. The van der Waals surface area contributed by atoms with Gasteiger partial charge in [-0.3, -0.25) is 4.79 Å². The van der Waals surface area contributed by atoms with E-state index in [4.69, 9.17) is 5.73 Å². The Morgan fingerprint density at radius 1 is 1.43 bits per heavy atom. The lowest BCUT2D eigenvalue weighted by Gasteiger charge is -2.14. The number of amides is 1. The molecule has 0 aliphatic heterocycles. The number of carbonyl (C=O) groups excluding carboxylic acids is 1. The lowest BCUT2D eigenvalue weighted by molar-refractivity contribution is 0.0789. The van der Waals surface area contributed by atoms with Crippen LogP contribution in [0.4, 0.5) is 5.82 Å². The molecule has 1 aromatic rings. The number of aliphatic imine (C=N–C) groups is 2. The number of rotatable bonds is 5. The van der Waals surface area contributed by atoms with Gasteiger partial charge < -0.3 is 10.6 Å². The van der Waals surface area contributed by atoms with E-state index in [1.165, 1.54) is 18.7 Å². The molecule has 0 aliphatic carbocycles. The molecule has 0 atom stereocenters. The van der Waals surface area contributed by atoms with E-state index in [0.29, 0.717) is 23.9 Å². The van der Waals surface area contributed by atoms with Gasteiger partial charge in [0, 0.05) is 19.5 Å². The Hall–Kier alpha value is -2.31. The molecule has 7 nitrogen and oxygen atoms in total. The summed E-state index contributed by atoms with van der Waals surface area (Å²) in [5.74, 6) is 0.931. The van der Waals surface area contributed by atoms with E-state index in [-0.39, 0.29) is 11.8 Å². The van der Waals surface area contributed by atoms with Crippen LogP contribution in [0.2, 0.25) is 0 Å². The molecule has 1 rings (SSSR count). The summed E-state index contributed by atoms with van der Waals surface area (Å²) < 4.78 is 0. The minimum atomic E-state index is -0.149. The van der Waals surface area contributed by atoms with Crippen molar-refractivity contribution in [1.82, 2.24) is 14.9 Å². The molecule has 1 aromatic heterocycles. The summed E-state index contributed by atoms with van der Waals surface area (Å²) in [6, 6.07) is 0. The third-order valence-corrected chi connectivity index (χ3v) is 2.72. The monoisotopic (exact) mass is 290 g/mol. The maximum Gasteiger partial charge on any atom is 0.273 e. The highest BCUT2D eigenvalue weighted by Crippen LogP contribution is 2.11. The lowest BCUT2D eigenvalue weighted by Crippen LogP contribution is -2.28. The summed E-state index contributed by atoms with van der Waals surface area (Å²) in [5.41, 5.74) is 5.59. The molecule has 1 heterocycles. The van der Waals surface area contributed by atoms with Crippen LogP contribution < -0.4 is 5.73 Å². The van der Waals surface area contributed by atoms with Gasteiger partial charge in [0.25, 0.3) is 5.91 Å². The van der Waals surface area contributed by atoms with Crippen LogP contribution in [0.3, 0.4) is 0 Å². The summed E-state index contributed by atoms with van der Waals surface area (Å²) >= 11 is 0. The highest BCUT2D eigenvalue weighted by atomic mass is 16.2. The van der Waals surface area contributed by atoms with E-state index in [1.54, 1.807) is 11.9 Å². The van der Waals surface area contributed by atoms with E-state index >= 15 is 0 Å². The zero-order chi connectivity index (χ0) is 15.8. The summed E-state index contributed by atoms with van der Waals surface area (Å²) in [4.78, 5) is 30.1. The second-order valence-corrected chi connectivity index (χ2v) is 4.89. The minimum absolute atomic E-state index is 0.114. The number of carbonyl (C=O) groups is 1. The third kappa shape index (κ3) is 4.94. The molecule has 0 fully saturated rings. The van der Waals surface area contributed by atoms with E-state index in [0.717, 1.165) is 6.42 Å². The maximum atomic E-state index is 12.0. The van der Waals surface area contributed by atoms with Gasteiger partial charge >= 0.3 is 0 Å². The number of aromatic nitrogens is 2. The lowest BCUT2D eigenvalue weighted by atomic mass is 10.2. The first-order chi connectivity index (χ1) is 9.99. The molecule has 2 N–H and O–H groups in total. The van der Waals surface area contributed by atoms with Crippen LogP contribution in [0, 0.1) is 5.92 Å². The van der Waals surface area contributed by atoms with Crippen LogP contribution in [-0.4, -0.2) is 46.5 Å². The first kappa shape index (κ1) is 16.7. The normalized spacial score (nSPS) is 12.1. The topological polar surface area (TPSA) is 96.8 Å². The molecule has 0 saturated carbocycles. The Morgan fingerprint density at radius 2 is 2.14 bits per heavy atom. The molecular formula is C14H22N6O. The Morgan fingerprint density at radius 3 is 2.62 bits per heavy atom. The van der Waals surface area contributed by atoms with Crippen LogP contribution in [0.5, 0.6) is 0 Å². The Balaban J connectivity index is 2.92. The second-order valence-electron chi connectivity index (χ2n) is 4.89. The van der Waals surface area contributed by atoms with E-state index in [1.807, 2.05) is 20.8 Å².